The fourth-order valence-electron chi connectivity index (χ4n) is 3.38. The average Bonchev–Trinajstić information content (AvgIpc) is 3.10. The Morgan fingerprint density at radius 3 is 2.18 bits per heavy atom. The summed E-state index contributed by atoms with van der Waals surface area (Å²) in [6.07, 6.45) is 6.98. The van der Waals surface area contributed by atoms with Gasteiger partial charge in [-0.25, -0.2) is 0 Å². The van der Waals surface area contributed by atoms with Crippen molar-refractivity contribution in [3.63, 3.8) is 0 Å². The predicted octanol–water partition coefficient (Wildman–Crippen LogP) is 3.34. The molecule has 2 unspecified atom stereocenters. The third-order valence-electron chi connectivity index (χ3n) is 4.96. The van der Waals surface area contributed by atoms with Crippen LogP contribution in [0.3, 0.4) is 0 Å². The van der Waals surface area contributed by atoms with Gasteiger partial charge >= 0.3 is 0 Å². The second-order valence-electron chi connectivity index (χ2n) is 5.75. The van der Waals surface area contributed by atoms with Crippen molar-refractivity contribution in [1.29, 1.82) is 0 Å². The van der Waals surface area contributed by atoms with Gasteiger partial charge in [-0.15, -0.1) is 11.6 Å². The molecule has 2 atom stereocenters. The van der Waals surface area contributed by atoms with Crippen molar-refractivity contribution >= 4 is 17.5 Å². The molecule has 2 aliphatic carbocycles. The SMILES string of the molecule is CCC(CC)(CCl)NC(=O)C1C2CCCCC21. The van der Waals surface area contributed by atoms with Gasteiger partial charge in [0.05, 0.1) is 5.54 Å². The summed E-state index contributed by atoms with van der Waals surface area (Å²) in [6.45, 7) is 4.21. The second-order valence-corrected chi connectivity index (χ2v) is 6.02. The molecule has 0 heterocycles. The van der Waals surface area contributed by atoms with E-state index in [4.69, 9.17) is 11.6 Å². The first-order valence-corrected chi connectivity index (χ1v) is 7.59. The van der Waals surface area contributed by atoms with Gasteiger partial charge in [-0.2, -0.15) is 0 Å². The minimum Gasteiger partial charge on any atom is -0.349 e. The molecule has 3 heteroatoms. The molecule has 0 spiro atoms. The summed E-state index contributed by atoms with van der Waals surface area (Å²) in [5.41, 5.74) is -0.176. The summed E-state index contributed by atoms with van der Waals surface area (Å²) in [6, 6.07) is 0. The number of nitrogens with one attached hydrogen (secondary N) is 1. The maximum atomic E-state index is 12.3. The molecular formula is C14H24ClNO. The smallest absolute Gasteiger partial charge is 0.224 e. The fraction of sp³-hybridized carbons (Fsp3) is 0.929. The number of fused-ring (bicyclic) bond motifs is 1. The number of hydrogen-bond acceptors (Lipinski definition) is 1. The van der Waals surface area contributed by atoms with E-state index in [1.54, 1.807) is 0 Å². The zero-order valence-electron chi connectivity index (χ0n) is 11.0. The van der Waals surface area contributed by atoms with E-state index in [0.717, 1.165) is 12.8 Å². The lowest BCUT2D eigenvalue weighted by molar-refractivity contribution is -0.124. The molecule has 2 nitrogen and oxygen atoms in total. The van der Waals surface area contributed by atoms with E-state index in [2.05, 4.69) is 19.2 Å². The van der Waals surface area contributed by atoms with E-state index < -0.39 is 0 Å². The Hall–Kier alpha value is -0.240. The van der Waals surface area contributed by atoms with Crippen molar-refractivity contribution in [2.24, 2.45) is 17.8 Å². The zero-order valence-corrected chi connectivity index (χ0v) is 11.7. The van der Waals surface area contributed by atoms with Crippen LogP contribution in [0.2, 0.25) is 0 Å². The number of rotatable bonds is 5. The minimum absolute atomic E-state index is 0.176. The Morgan fingerprint density at radius 2 is 1.76 bits per heavy atom. The van der Waals surface area contributed by atoms with E-state index in [-0.39, 0.29) is 11.4 Å². The first-order chi connectivity index (χ1) is 8.17. The lowest BCUT2D eigenvalue weighted by atomic mass is 9.95. The molecule has 2 rings (SSSR count). The maximum Gasteiger partial charge on any atom is 0.224 e. The molecule has 1 N–H and O–H groups in total. The van der Waals surface area contributed by atoms with Gasteiger partial charge in [-0.1, -0.05) is 26.7 Å². The number of halogens is 1. The average molecular weight is 258 g/mol. The second kappa shape index (κ2) is 5.17. The fourth-order valence-corrected chi connectivity index (χ4v) is 3.82. The molecule has 0 saturated heterocycles. The van der Waals surface area contributed by atoms with Gasteiger partial charge in [0.1, 0.15) is 0 Å². The minimum atomic E-state index is -0.176. The molecule has 2 saturated carbocycles. The Balaban J connectivity index is 1.93. The molecule has 17 heavy (non-hydrogen) atoms. The Labute approximate surface area is 109 Å². The van der Waals surface area contributed by atoms with Crippen molar-refractivity contribution in [1.82, 2.24) is 5.32 Å². The summed E-state index contributed by atoms with van der Waals surface area (Å²) in [5.74, 6) is 2.47. The third kappa shape index (κ3) is 2.47. The van der Waals surface area contributed by atoms with Gasteiger partial charge in [0.25, 0.3) is 0 Å². The molecule has 0 radical (unpaired) electrons. The van der Waals surface area contributed by atoms with Gasteiger partial charge in [-0.3, -0.25) is 4.79 Å². The van der Waals surface area contributed by atoms with Gasteiger partial charge < -0.3 is 5.32 Å². The molecule has 2 fully saturated rings. The molecule has 0 aromatic rings. The van der Waals surface area contributed by atoms with Gasteiger partial charge in [0, 0.05) is 11.8 Å². The zero-order chi connectivity index (χ0) is 12.5. The molecule has 0 bridgehead atoms. The van der Waals surface area contributed by atoms with Crippen LogP contribution in [-0.2, 0) is 4.79 Å². The normalized spacial score (nSPS) is 31.8. The highest BCUT2D eigenvalue weighted by Crippen LogP contribution is 2.55. The molecule has 2 aliphatic rings. The Morgan fingerprint density at radius 1 is 1.24 bits per heavy atom. The van der Waals surface area contributed by atoms with E-state index in [9.17, 15) is 4.79 Å². The number of alkyl halides is 1. The largest absolute Gasteiger partial charge is 0.349 e. The van der Waals surface area contributed by atoms with Crippen molar-refractivity contribution in [3.05, 3.63) is 0 Å². The van der Waals surface area contributed by atoms with Crippen molar-refractivity contribution < 1.29 is 4.79 Å². The van der Waals surface area contributed by atoms with E-state index >= 15 is 0 Å². The summed E-state index contributed by atoms with van der Waals surface area (Å²) >= 11 is 6.03. The summed E-state index contributed by atoms with van der Waals surface area (Å²) in [4.78, 5) is 12.3. The summed E-state index contributed by atoms with van der Waals surface area (Å²) in [5, 5.41) is 3.23. The summed E-state index contributed by atoms with van der Waals surface area (Å²) < 4.78 is 0. The quantitative estimate of drug-likeness (QED) is 0.752. The molecule has 98 valence electrons. The van der Waals surface area contributed by atoms with E-state index in [0.29, 0.717) is 23.6 Å². The van der Waals surface area contributed by atoms with Crippen LogP contribution in [0.5, 0.6) is 0 Å². The van der Waals surface area contributed by atoms with Crippen LogP contribution in [0.1, 0.15) is 52.4 Å². The van der Waals surface area contributed by atoms with Crippen LogP contribution >= 0.6 is 11.6 Å². The number of carbonyl (C=O) groups excluding carboxylic acids is 1. The van der Waals surface area contributed by atoms with Gasteiger partial charge in [0.15, 0.2) is 0 Å². The van der Waals surface area contributed by atoms with Crippen molar-refractivity contribution in [2.75, 3.05) is 5.88 Å². The van der Waals surface area contributed by atoms with Crippen molar-refractivity contribution in [2.45, 2.75) is 57.9 Å². The maximum absolute atomic E-state index is 12.3. The van der Waals surface area contributed by atoms with Crippen LogP contribution in [-0.4, -0.2) is 17.3 Å². The van der Waals surface area contributed by atoms with Gasteiger partial charge in [-0.05, 0) is 37.5 Å². The Kier molecular flexibility index (Phi) is 4.02. The molecule has 0 aromatic carbocycles. The predicted molar refractivity (Wildman–Crippen MR) is 71.1 cm³/mol. The third-order valence-corrected chi connectivity index (χ3v) is 5.47. The monoisotopic (exact) mass is 257 g/mol. The lowest BCUT2D eigenvalue weighted by Gasteiger charge is -2.30. The van der Waals surface area contributed by atoms with Crippen LogP contribution < -0.4 is 5.32 Å². The first-order valence-electron chi connectivity index (χ1n) is 7.05. The van der Waals surface area contributed by atoms with Crippen LogP contribution in [0.4, 0.5) is 0 Å². The highest BCUT2D eigenvalue weighted by molar-refractivity contribution is 6.18. The lowest BCUT2D eigenvalue weighted by Crippen LogP contribution is -2.50. The molecule has 1 amide bonds. The highest BCUT2D eigenvalue weighted by Gasteiger charge is 2.55. The number of hydrogen-bond donors (Lipinski definition) is 1. The van der Waals surface area contributed by atoms with Crippen LogP contribution in [0.15, 0.2) is 0 Å². The number of amides is 1. The molecule has 0 aliphatic heterocycles. The molecular weight excluding hydrogens is 234 g/mol. The highest BCUT2D eigenvalue weighted by atomic mass is 35.5. The topological polar surface area (TPSA) is 29.1 Å². The Bertz CT molecular complexity index is 268. The van der Waals surface area contributed by atoms with Crippen molar-refractivity contribution in [3.8, 4) is 0 Å². The standard InChI is InChI=1S/C14H24ClNO/c1-3-14(4-2,9-15)16-13(17)12-10-7-5-6-8-11(10)12/h10-12H,3-9H2,1-2H3,(H,16,17). The van der Waals surface area contributed by atoms with E-state index in [1.165, 1.54) is 25.7 Å². The first kappa shape index (κ1) is 13.2. The van der Waals surface area contributed by atoms with Crippen LogP contribution in [0.25, 0.3) is 0 Å². The number of carbonyl (C=O) groups is 1. The van der Waals surface area contributed by atoms with Gasteiger partial charge in [0.2, 0.25) is 5.91 Å². The van der Waals surface area contributed by atoms with Crippen LogP contribution in [0, 0.1) is 17.8 Å². The van der Waals surface area contributed by atoms with E-state index in [1.807, 2.05) is 0 Å². The molecule has 0 aromatic heterocycles. The summed E-state index contributed by atoms with van der Waals surface area (Å²) in [7, 11) is 0.